The van der Waals surface area contributed by atoms with E-state index in [2.05, 4.69) is 39.5 Å². The summed E-state index contributed by atoms with van der Waals surface area (Å²) in [6, 6.07) is 0. The zero-order valence-electron chi connectivity index (χ0n) is 12.2. The zero-order chi connectivity index (χ0) is 13.9. The van der Waals surface area contributed by atoms with Crippen LogP contribution < -0.4 is 0 Å². The number of hydrogen-bond donors (Lipinski definition) is 0. The number of rotatable bonds is 4. The average molecular weight is 290 g/mol. The molecule has 3 heterocycles. The Labute approximate surface area is 124 Å². The van der Waals surface area contributed by atoms with Gasteiger partial charge >= 0.3 is 0 Å². The molecule has 0 amide bonds. The zero-order valence-corrected chi connectivity index (χ0v) is 13.1. The van der Waals surface area contributed by atoms with E-state index in [1.807, 2.05) is 11.7 Å². The van der Waals surface area contributed by atoms with Gasteiger partial charge in [0, 0.05) is 36.9 Å². The number of aryl methyl sites for hydroxylation is 2. The van der Waals surface area contributed by atoms with Gasteiger partial charge in [0.2, 0.25) is 0 Å². The number of nitrogens with zero attached hydrogens (tertiary/aromatic N) is 4. The summed E-state index contributed by atoms with van der Waals surface area (Å²) in [6.07, 6.45) is 6.63. The van der Waals surface area contributed by atoms with Crippen LogP contribution in [0.2, 0.25) is 0 Å². The first-order chi connectivity index (χ1) is 9.72. The van der Waals surface area contributed by atoms with Crippen LogP contribution in [0.3, 0.4) is 0 Å². The fraction of sp³-hybridized carbons (Fsp3) is 0.600. The summed E-state index contributed by atoms with van der Waals surface area (Å²) < 4.78 is 2.28. The summed E-state index contributed by atoms with van der Waals surface area (Å²) in [7, 11) is 0. The third kappa shape index (κ3) is 3.10. The molecule has 0 N–H and O–H groups in total. The summed E-state index contributed by atoms with van der Waals surface area (Å²) in [5.74, 6) is 1.87. The minimum Gasteiger partial charge on any atom is -0.335 e. The Morgan fingerprint density at radius 1 is 1.35 bits per heavy atom. The summed E-state index contributed by atoms with van der Waals surface area (Å²) >= 11 is 1.78. The van der Waals surface area contributed by atoms with Crippen molar-refractivity contribution in [2.45, 2.75) is 39.8 Å². The summed E-state index contributed by atoms with van der Waals surface area (Å²) in [5.41, 5.74) is 3.16. The highest BCUT2D eigenvalue weighted by Gasteiger charge is 2.21. The molecule has 2 aromatic heterocycles. The molecule has 1 saturated heterocycles. The van der Waals surface area contributed by atoms with Crippen molar-refractivity contribution < 1.29 is 0 Å². The Kier molecular flexibility index (Phi) is 4.17. The van der Waals surface area contributed by atoms with Crippen molar-refractivity contribution in [3.8, 4) is 0 Å². The second-order valence-corrected chi connectivity index (χ2v) is 6.67. The highest BCUT2D eigenvalue weighted by molar-refractivity contribution is 7.09. The number of imidazole rings is 1. The van der Waals surface area contributed by atoms with Gasteiger partial charge in [0.15, 0.2) is 0 Å². The van der Waals surface area contributed by atoms with Crippen LogP contribution in [-0.2, 0) is 13.1 Å². The van der Waals surface area contributed by atoms with Crippen LogP contribution in [0.15, 0.2) is 17.9 Å². The molecule has 20 heavy (non-hydrogen) atoms. The lowest BCUT2D eigenvalue weighted by Crippen LogP contribution is -2.36. The fourth-order valence-corrected chi connectivity index (χ4v) is 3.82. The Hall–Kier alpha value is -1.20. The molecule has 5 heteroatoms. The number of piperidine rings is 1. The largest absolute Gasteiger partial charge is 0.335 e. The first-order valence-electron chi connectivity index (χ1n) is 7.31. The Morgan fingerprint density at radius 2 is 2.25 bits per heavy atom. The van der Waals surface area contributed by atoms with Crippen molar-refractivity contribution in [2.24, 2.45) is 5.92 Å². The molecule has 0 bridgehead atoms. The van der Waals surface area contributed by atoms with Crippen LogP contribution in [-0.4, -0.2) is 32.5 Å². The standard InChI is InChI=1S/C15H22N4S/c1-12-15(20-11-17-12)10-18-6-3-4-14(8-18)9-19-7-5-16-13(19)2/h5,7,11,14H,3-4,6,8-10H2,1-2H3/t14-/m1/s1. The molecular formula is C15H22N4S. The van der Waals surface area contributed by atoms with Crippen LogP contribution in [0.25, 0.3) is 0 Å². The van der Waals surface area contributed by atoms with Gasteiger partial charge in [-0.2, -0.15) is 0 Å². The van der Waals surface area contributed by atoms with Crippen LogP contribution in [0.5, 0.6) is 0 Å². The van der Waals surface area contributed by atoms with E-state index in [0.29, 0.717) is 0 Å². The van der Waals surface area contributed by atoms with Crippen LogP contribution in [0.1, 0.15) is 29.2 Å². The lowest BCUT2D eigenvalue weighted by atomic mass is 9.98. The minimum atomic E-state index is 0.741. The molecule has 0 unspecified atom stereocenters. The van der Waals surface area contributed by atoms with E-state index >= 15 is 0 Å². The summed E-state index contributed by atoms with van der Waals surface area (Å²) in [4.78, 5) is 12.7. The fourth-order valence-electron chi connectivity index (χ4n) is 3.00. The van der Waals surface area contributed by atoms with Gasteiger partial charge in [0.1, 0.15) is 5.82 Å². The van der Waals surface area contributed by atoms with E-state index in [0.717, 1.165) is 24.8 Å². The number of likely N-dealkylation sites (tertiary alicyclic amines) is 1. The normalized spacial score (nSPS) is 20.4. The topological polar surface area (TPSA) is 34.0 Å². The molecule has 2 aromatic rings. The Balaban J connectivity index is 1.59. The maximum atomic E-state index is 4.35. The predicted octanol–water partition coefficient (Wildman–Crippen LogP) is 2.87. The maximum absolute atomic E-state index is 4.35. The van der Waals surface area contributed by atoms with Gasteiger partial charge in [0.25, 0.3) is 0 Å². The van der Waals surface area contributed by atoms with Crippen LogP contribution in [0, 0.1) is 19.8 Å². The predicted molar refractivity (Wildman–Crippen MR) is 81.8 cm³/mol. The van der Waals surface area contributed by atoms with E-state index in [1.165, 1.54) is 36.5 Å². The Bertz CT molecular complexity index is 511. The lowest BCUT2D eigenvalue weighted by Gasteiger charge is -2.32. The van der Waals surface area contributed by atoms with Gasteiger partial charge in [-0.25, -0.2) is 9.97 Å². The van der Waals surface area contributed by atoms with E-state index in [1.54, 1.807) is 11.3 Å². The van der Waals surface area contributed by atoms with Gasteiger partial charge in [-0.15, -0.1) is 11.3 Å². The monoisotopic (exact) mass is 290 g/mol. The third-order valence-corrected chi connectivity index (χ3v) is 5.11. The SMILES string of the molecule is Cc1ncsc1CN1CCC[C@@H](Cn2ccnc2C)C1. The molecule has 0 aliphatic carbocycles. The summed E-state index contributed by atoms with van der Waals surface area (Å²) in [5, 5.41) is 0. The quantitative estimate of drug-likeness (QED) is 0.868. The van der Waals surface area contributed by atoms with E-state index < -0.39 is 0 Å². The molecule has 108 valence electrons. The number of thiazole rings is 1. The number of aromatic nitrogens is 3. The second kappa shape index (κ2) is 6.06. The van der Waals surface area contributed by atoms with Crippen molar-refractivity contribution in [3.63, 3.8) is 0 Å². The van der Waals surface area contributed by atoms with Crippen LogP contribution in [0.4, 0.5) is 0 Å². The highest BCUT2D eigenvalue weighted by Crippen LogP contribution is 2.22. The molecule has 1 fully saturated rings. The van der Waals surface area contributed by atoms with Gasteiger partial charge in [-0.1, -0.05) is 0 Å². The molecule has 3 rings (SSSR count). The van der Waals surface area contributed by atoms with Crippen molar-refractivity contribution in [2.75, 3.05) is 13.1 Å². The minimum absolute atomic E-state index is 0.741. The van der Waals surface area contributed by atoms with Gasteiger partial charge in [-0.05, 0) is 39.2 Å². The molecule has 0 saturated carbocycles. The third-order valence-electron chi connectivity index (χ3n) is 4.19. The first kappa shape index (κ1) is 13.8. The van der Waals surface area contributed by atoms with Crippen molar-refractivity contribution in [3.05, 3.63) is 34.3 Å². The lowest BCUT2D eigenvalue weighted by molar-refractivity contribution is 0.156. The number of hydrogen-bond acceptors (Lipinski definition) is 4. The highest BCUT2D eigenvalue weighted by atomic mass is 32.1. The first-order valence-corrected chi connectivity index (χ1v) is 8.19. The van der Waals surface area contributed by atoms with Gasteiger partial charge < -0.3 is 4.57 Å². The van der Waals surface area contributed by atoms with Gasteiger partial charge in [-0.3, -0.25) is 4.90 Å². The molecule has 0 spiro atoms. The van der Waals surface area contributed by atoms with E-state index in [9.17, 15) is 0 Å². The van der Waals surface area contributed by atoms with Crippen molar-refractivity contribution in [1.82, 2.24) is 19.4 Å². The van der Waals surface area contributed by atoms with Crippen molar-refractivity contribution in [1.29, 1.82) is 0 Å². The van der Waals surface area contributed by atoms with Gasteiger partial charge in [0.05, 0.1) is 11.2 Å². The van der Waals surface area contributed by atoms with Crippen molar-refractivity contribution >= 4 is 11.3 Å². The summed E-state index contributed by atoms with van der Waals surface area (Å²) in [6.45, 7) is 8.77. The van der Waals surface area contributed by atoms with E-state index in [4.69, 9.17) is 0 Å². The molecule has 4 nitrogen and oxygen atoms in total. The molecular weight excluding hydrogens is 268 g/mol. The average Bonchev–Trinajstić information content (AvgIpc) is 3.01. The Morgan fingerprint density at radius 3 is 2.95 bits per heavy atom. The molecule has 1 aliphatic heterocycles. The second-order valence-electron chi connectivity index (χ2n) is 5.73. The van der Waals surface area contributed by atoms with E-state index in [-0.39, 0.29) is 0 Å². The molecule has 0 radical (unpaired) electrons. The molecule has 0 aromatic carbocycles. The smallest absolute Gasteiger partial charge is 0.105 e. The molecule has 1 atom stereocenters. The van der Waals surface area contributed by atoms with Crippen LogP contribution >= 0.6 is 11.3 Å². The maximum Gasteiger partial charge on any atom is 0.105 e. The molecule has 1 aliphatic rings.